The number of fused-ring (bicyclic) bond motifs is 1. The highest BCUT2D eigenvalue weighted by Crippen LogP contribution is 2.80. The molecule has 0 spiro atoms. The lowest BCUT2D eigenvalue weighted by Crippen LogP contribution is -3.11. The fourth-order valence-corrected chi connectivity index (χ4v) is 6.19. The Bertz CT molecular complexity index is 955. The van der Waals surface area contributed by atoms with Crippen molar-refractivity contribution in [3.05, 3.63) is 71.8 Å². The highest BCUT2D eigenvalue weighted by molar-refractivity contribution is 5.61. The molecule has 2 fully saturated rings. The normalized spacial score (nSPS) is 41.3. The van der Waals surface area contributed by atoms with E-state index < -0.39 is 46.8 Å². The van der Waals surface area contributed by atoms with Crippen LogP contribution in [-0.2, 0) is 20.7 Å². The number of aliphatic hydroxyl groups excluding tert-OH is 3. The number of benzene rings is 2. The SMILES string of the molecule is CCOC1(c2ccccc2)C(O)[C@@]2(O)C(OCC)(c3ccccc3)[C@@](O)([C@H](O)CO)[C@@]12O. The van der Waals surface area contributed by atoms with Crippen LogP contribution in [0.25, 0.3) is 0 Å². The second kappa shape index (κ2) is 7.58. The molecule has 0 radical (unpaired) electrons. The summed E-state index contributed by atoms with van der Waals surface area (Å²) >= 11 is 0. The fourth-order valence-electron chi connectivity index (χ4n) is 6.19. The number of aliphatic hydroxyl groups is 6. The third-order valence-corrected chi connectivity index (χ3v) is 7.27. The predicted octanol–water partition coefficient (Wildman–Crippen LogP) is -0.215. The molecule has 6 N–H and O–H groups in total. The molecule has 174 valence electrons. The van der Waals surface area contributed by atoms with Crippen molar-refractivity contribution >= 4 is 0 Å². The van der Waals surface area contributed by atoms with Gasteiger partial charge in [0.15, 0.2) is 28.0 Å². The highest BCUT2D eigenvalue weighted by atomic mass is 16.6. The molecule has 2 aromatic rings. The average molecular weight is 446 g/mol. The minimum atomic E-state index is -2.66. The molecule has 2 aromatic carbocycles. The Morgan fingerprint density at radius 3 is 1.81 bits per heavy atom. The van der Waals surface area contributed by atoms with Crippen LogP contribution in [0, 0.1) is 0 Å². The summed E-state index contributed by atoms with van der Waals surface area (Å²) in [6.07, 6.45) is -3.70. The van der Waals surface area contributed by atoms with Crippen molar-refractivity contribution in [3.63, 3.8) is 0 Å². The predicted molar refractivity (Wildman–Crippen MR) is 113 cm³/mol. The van der Waals surface area contributed by atoms with Crippen LogP contribution in [0.1, 0.15) is 25.0 Å². The van der Waals surface area contributed by atoms with E-state index in [1.165, 1.54) is 0 Å². The molecule has 0 amide bonds. The maximum atomic E-state index is 12.1. The van der Waals surface area contributed by atoms with Gasteiger partial charge in [-0.3, -0.25) is 0 Å². The van der Waals surface area contributed by atoms with Crippen molar-refractivity contribution in [3.8, 4) is 0 Å². The Hall–Kier alpha value is -1.88. The van der Waals surface area contributed by atoms with Crippen LogP contribution in [-0.4, -0.2) is 79.5 Å². The molecule has 2 aliphatic rings. The van der Waals surface area contributed by atoms with E-state index >= 15 is 0 Å². The van der Waals surface area contributed by atoms with E-state index in [-0.39, 0.29) is 18.8 Å². The van der Waals surface area contributed by atoms with Gasteiger partial charge < -0.3 is 40.1 Å². The van der Waals surface area contributed by atoms with Gasteiger partial charge in [-0.1, -0.05) is 60.7 Å². The van der Waals surface area contributed by atoms with E-state index in [1.54, 1.807) is 74.5 Å². The molecule has 8 heteroatoms. The summed E-state index contributed by atoms with van der Waals surface area (Å²) in [6, 6.07) is 16.3. The first-order valence-electron chi connectivity index (χ1n) is 10.7. The molecule has 0 aromatic heterocycles. The van der Waals surface area contributed by atoms with Crippen LogP contribution in [0.4, 0.5) is 0 Å². The van der Waals surface area contributed by atoms with Gasteiger partial charge in [-0.25, -0.2) is 0 Å². The van der Waals surface area contributed by atoms with E-state index in [0.29, 0.717) is 5.56 Å². The minimum Gasteiger partial charge on any atom is -0.394 e. The Morgan fingerprint density at radius 1 is 0.844 bits per heavy atom. The summed E-state index contributed by atoms with van der Waals surface area (Å²) in [6.45, 7) is 2.31. The standard InChI is InChI=1S/C24H30O8/c1-3-31-20(16-11-7-5-8-12-16)19(27)22(29)23(32-4-2,17-13-9-6-10-14-17)21(28,18(26)15-25)24(20,22)30/h5-14,18-19,25-30H,3-4,15H2,1-2H3/t18-,19?,20?,21+,22-,23?,24+/m1/s1. The molecule has 0 saturated heterocycles. The van der Waals surface area contributed by atoms with E-state index in [1.807, 2.05) is 0 Å². The molecule has 2 aliphatic carbocycles. The maximum Gasteiger partial charge on any atom is 0.169 e. The van der Waals surface area contributed by atoms with Gasteiger partial charge >= 0.3 is 0 Å². The third-order valence-electron chi connectivity index (χ3n) is 7.27. The molecular formula is C24H30O8. The van der Waals surface area contributed by atoms with Crippen LogP contribution in [0.5, 0.6) is 0 Å². The zero-order chi connectivity index (χ0) is 23.4. The van der Waals surface area contributed by atoms with Crippen LogP contribution in [0.15, 0.2) is 60.7 Å². The van der Waals surface area contributed by atoms with Gasteiger partial charge in [-0.05, 0) is 25.0 Å². The number of ether oxygens (including phenoxy) is 2. The molecule has 4 rings (SSSR count). The molecule has 0 heterocycles. The monoisotopic (exact) mass is 446 g/mol. The quantitative estimate of drug-likeness (QED) is 0.327. The van der Waals surface area contributed by atoms with Crippen LogP contribution >= 0.6 is 0 Å². The third kappa shape index (κ3) is 2.11. The zero-order valence-electron chi connectivity index (χ0n) is 18.0. The van der Waals surface area contributed by atoms with Gasteiger partial charge in [0, 0.05) is 13.2 Å². The second-order valence-corrected chi connectivity index (χ2v) is 8.36. The highest BCUT2D eigenvalue weighted by Gasteiger charge is 3.06. The summed E-state index contributed by atoms with van der Waals surface area (Å²) in [7, 11) is 0. The van der Waals surface area contributed by atoms with Gasteiger partial charge in [0.1, 0.15) is 12.2 Å². The first kappa shape index (κ1) is 23.3. The van der Waals surface area contributed by atoms with Crippen molar-refractivity contribution in [1.82, 2.24) is 0 Å². The summed E-state index contributed by atoms with van der Waals surface area (Å²) in [5.41, 5.74) is -11.4. The number of hydrogen-bond donors (Lipinski definition) is 6. The van der Waals surface area contributed by atoms with Crippen molar-refractivity contribution in [1.29, 1.82) is 0 Å². The lowest BCUT2D eigenvalue weighted by Gasteiger charge is -2.86. The molecule has 8 nitrogen and oxygen atoms in total. The number of rotatable bonds is 8. The number of hydrogen-bond acceptors (Lipinski definition) is 8. The lowest BCUT2D eigenvalue weighted by molar-refractivity contribution is -0.583. The Morgan fingerprint density at radius 2 is 1.34 bits per heavy atom. The van der Waals surface area contributed by atoms with Crippen molar-refractivity contribution in [2.75, 3.05) is 19.8 Å². The van der Waals surface area contributed by atoms with Gasteiger partial charge in [0.05, 0.1) is 6.61 Å². The van der Waals surface area contributed by atoms with E-state index in [9.17, 15) is 30.6 Å². The average Bonchev–Trinajstić information content (AvgIpc) is 2.84. The van der Waals surface area contributed by atoms with Gasteiger partial charge in [-0.15, -0.1) is 0 Å². The van der Waals surface area contributed by atoms with Gasteiger partial charge in [0.2, 0.25) is 0 Å². The Balaban J connectivity index is 2.05. The topological polar surface area (TPSA) is 140 Å². The largest absolute Gasteiger partial charge is 0.394 e. The first-order chi connectivity index (χ1) is 15.2. The molecule has 32 heavy (non-hydrogen) atoms. The zero-order valence-corrected chi connectivity index (χ0v) is 18.0. The van der Waals surface area contributed by atoms with Crippen molar-refractivity contribution < 1.29 is 40.1 Å². The van der Waals surface area contributed by atoms with Gasteiger partial charge in [-0.2, -0.15) is 0 Å². The second-order valence-electron chi connectivity index (χ2n) is 8.36. The summed E-state index contributed by atoms with van der Waals surface area (Å²) in [5, 5.41) is 68.4. The van der Waals surface area contributed by atoms with Crippen molar-refractivity contribution in [2.24, 2.45) is 0 Å². The Kier molecular flexibility index (Phi) is 5.51. The van der Waals surface area contributed by atoms with Crippen LogP contribution in [0.3, 0.4) is 0 Å². The van der Waals surface area contributed by atoms with E-state index in [4.69, 9.17) is 9.47 Å². The summed E-state index contributed by atoms with van der Waals surface area (Å²) < 4.78 is 11.8. The van der Waals surface area contributed by atoms with Gasteiger partial charge in [0.25, 0.3) is 0 Å². The van der Waals surface area contributed by atoms with E-state index in [0.717, 1.165) is 0 Å². The minimum absolute atomic E-state index is 0.0165. The smallest absolute Gasteiger partial charge is 0.169 e. The van der Waals surface area contributed by atoms with Crippen molar-refractivity contribution in [2.45, 2.75) is 54.1 Å². The fraction of sp³-hybridized carbons (Fsp3) is 0.500. The molecular weight excluding hydrogens is 416 g/mol. The molecule has 0 bridgehead atoms. The Labute approximate surface area is 186 Å². The lowest BCUT2D eigenvalue weighted by atomic mass is 9.26. The first-order valence-corrected chi connectivity index (χ1v) is 10.7. The maximum absolute atomic E-state index is 12.1. The molecule has 0 aliphatic heterocycles. The summed E-state index contributed by atoms with van der Waals surface area (Å²) in [4.78, 5) is 0. The van der Waals surface area contributed by atoms with Crippen LogP contribution < -0.4 is 0 Å². The molecule has 7 atom stereocenters. The summed E-state index contributed by atoms with van der Waals surface area (Å²) in [5.74, 6) is 0. The van der Waals surface area contributed by atoms with E-state index in [2.05, 4.69) is 0 Å². The van der Waals surface area contributed by atoms with Crippen LogP contribution in [0.2, 0.25) is 0 Å². The molecule has 2 saturated carbocycles. The molecule has 3 unspecified atom stereocenters.